The lowest BCUT2D eigenvalue weighted by molar-refractivity contribution is -0.350. The summed E-state index contributed by atoms with van der Waals surface area (Å²) in [7, 11) is 4.49. The fourth-order valence-electron chi connectivity index (χ4n) is 1.38. The van der Waals surface area contributed by atoms with Crippen molar-refractivity contribution in [2.75, 3.05) is 21.3 Å². The van der Waals surface area contributed by atoms with Crippen LogP contribution in [0.1, 0.15) is 5.56 Å². The van der Waals surface area contributed by atoms with Crippen molar-refractivity contribution in [2.45, 2.75) is 12.4 Å². The summed E-state index contributed by atoms with van der Waals surface area (Å²) in [6, 6.07) is 5.30. The van der Waals surface area contributed by atoms with Crippen LogP contribution in [-0.4, -0.2) is 27.3 Å². The van der Waals surface area contributed by atoms with Gasteiger partial charge in [0.15, 0.2) is 0 Å². The van der Waals surface area contributed by atoms with E-state index < -0.39 is 5.97 Å². The van der Waals surface area contributed by atoms with E-state index in [1.807, 2.05) is 0 Å². The van der Waals surface area contributed by atoms with Gasteiger partial charge in [-0.2, -0.15) is 0 Å². The van der Waals surface area contributed by atoms with E-state index in [2.05, 4.69) is 0 Å². The molecular formula is C11H14Cl2O3. The monoisotopic (exact) mass is 264 g/mol. The van der Waals surface area contributed by atoms with E-state index in [9.17, 15) is 0 Å². The number of rotatable bonds is 5. The molecule has 0 radical (unpaired) electrons. The molecule has 0 heterocycles. The highest BCUT2D eigenvalue weighted by atomic mass is 35.5. The summed E-state index contributed by atoms with van der Waals surface area (Å²) in [5.41, 5.74) is 0.733. The van der Waals surface area contributed by atoms with Gasteiger partial charge in [0.25, 0.3) is 5.97 Å². The minimum Gasteiger partial charge on any atom is -0.331 e. The Morgan fingerprint density at radius 2 is 1.44 bits per heavy atom. The predicted octanol–water partition coefficient (Wildman–Crippen LogP) is 3.13. The molecule has 0 spiro atoms. The lowest BCUT2D eigenvalue weighted by Crippen LogP contribution is -2.38. The standard InChI is InChI=1S/C11H14Cl2O3/c1-14-11(15-2,16-3)7-8-9(12)5-4-6-10(8)13/h4-6H,7H2,1-3H3. The first-order valence-corrected chi connectivity index (χ1v) is 5.42. The van der Waals surface area contributed by atoms with Crippen LogP contribution in [0.4, 0.5) is 0 Å². The van der Waals surface area contributed by atoms with Crippen LogP contribution in [0.5, 0.6) is 0 Å². The molecule has 0 bridgehead atoms. The van der Waals surface area contributed by atoms with Crippen molar-refractivity contribution in [3.63, 3.8) is 0 Å². The zero-order valence-electron chi connectivity index (χ0n) is 9.42. The maximum absolute atomic E-state index is 6.06. The van der Waals surface area contributed by atoms with E-state index in [0.29, 0.717) is 16.5 Å². The van der Waals surface area contributed by atoms with E-state index in [1.54, 1.807) is 18.2 Å². The van der Waals surface area contributed by atoms with Gasteiger partial charge in [-0.15, -0.1) is 0 Å². The van der Waals surface area contributed by atoms with Crippen LogP contribution in [0.25, 0.3) is 0 Å². The van der Waals surface area contributed by atoms with Gasteiger partial charge in [0, 0.05) is 31.4 Å². The Morgan fingerprint density at radius 3 is 1.81 bits per heavy atom. The van der Waals surface area contributed by atoms with Gasteiger partial charge >= 0.3 is 0 Å². The molecule has 0 saturated carbocycles. The Hall–Kier alpha value is -0.320. The average molecular weight is 265 g/mol. The highest BCUT2D eigenvalue weighted by molar-refractivity contribution is 6.36. The number of methoxy groups -OCH3 is 3. The van der Waals surface area contributed by atoms with Gasteiger partial charge in [0.1, 0.15) is 0 Å². The van der Waals surface area contributed by atoms with E-state index in [-0.39, 0.29) is 0 Å². The number of hydrogen-bond donors (Lipinski definition) is 0. The van der Waals surface area contributed by atoms with Crippen molar-refractivity contribution < 1.29 is 14.2 Å². The zero-order chi connectivity index (χ0) is 12.2. The summed E-state index contributed by atoms with van der Waals surface area (Å²) < 4.78 is 15.6. The molecule has 0 aliphatic carbocycles. The van der Waals surface area contributed by atoms with E-state index in [0.717, 1.165) is 5.56 Å². The van der Waals surface area contributed by atoms with E-state index >= 15 is 0 Å². The van der Waals surface area contributed by atoms with E-state index in [4.69, 9.17) is 37.4 Å². The molecule has 0 fully saturated rings. The lowest BCUT2D eigenvalue weighted by atomic mass is 10.1. The Labute approximate surface area is 105 Å². The fourth-order valence-corrected chi connectivity index (χ4v) is 1.92. The van der Waals surface area contributed by atoms with Gasteiger partial charge < -0.3 is 14.2 Å². The molecule has 1 aromatic rings. The van der Waals surface area contributed by atoms with Crippen molar-refractivity contribution in [3.8, 4) is 0 Å². The molecule has 0 aliphatic heterocycles. The van der Waals surface area contributed by atoms with Gasteiger partial charge in [-0.1, -0.05) is 29.3 Å². The quantitative estimate of drug-likeness (QED) is 0.765. The van der Waals surface area contributed by atoms with Gasteiger partial charge in [0.05, 0.1) is 6.42 Å². The van der Waals surface area contributed by atoms with E-state index in [1.165, 1.54) is 21.3 Å². The first-order valence-electron chi connectivity index (χ1n) is 4.67. The molecule has 0 aliphatic rings. The third kappa shape index (κ3) is 2.87. The number of halogens is 2. The van der Waals surface area contributed by atoms with Gasteiger partial charge in [-0.05, 0) is 17.7 Å². The highest BCUT2D eigenvalue weighted by Gasteiger charge is 2.31. The highest BCUT2D eigenvalue weighted by Crippen LogP contribution is 2.30. The van der Waals surface area contributed by atoms with Gasteiger partial charge in [-0.3, -0.25) is 0 Å². The number of hydrogen-bond acceptors (Lipinski definition) is 3. The molecule has 1 aromatic carbocycles. The minimum absolute atomic E-state index is 0.314. The number of benzene rings is 1. The smallest absolute Gasteiger partial charge is 0.286 e. The average Bonchev–Trinajstić information content (AvgIpc) is 2.30. The Kier molecular flexibility index (Phi) is 5.02. The van der Waals surface area contributed by atoms with Crippen LogP contribution in [-0.2, 0) is 20.6 Å². The first-order chi connectivity index (χ1) is 7.58. The third-order valence-electron chi connectivity index (χ3n) is 2.39. The SMILES string of the molecule is COC(Cc1c(Cl)cccc1Cl)(OC)OC. The molecule has 0 saturated heterocycles. The molecular weight excluding hydrogens is 251 g/mol. The van der Waals surface area contributed by atoms with Crippen molar-refractivity contribution in [1.29, 1.82) is 0 Å². The Balaban J connectivity index is 3.02. The molecule has 5 heteroatoms. The molecule has 1 rings (SSSR count). The Bertz CT molecular complexity index is 323. The number of ether oxygens (including phenoxy) is 3. The molecule has 16 heavy (non-hydrogen) atoms. The summed E-state index contributed by atoms with van der Waals surface area (Å²) in [5, 5.41) is 1.12. The fraction of sp³-hybridized carbons (Fsp3) is 0.455. The maximum Gasteiger partial charge on any atom is 0.286 e. The largest absolute Gasteiger partial charge is 0.331 e. The van der Waals surface area contributed by atoms with Crippen LogP contribution in [0.2, 0.25) is 10.0 Å². The normalized spacial score (nSPS) is 11.8. The van der Waals surface area contributed by atoms with Crippen LogP contribution in [0, 0.1) is 0 Å². The molecule has 0 unspecified atom stereocenters. The van der Waals surface area contributed by atoms with Crippen molar-refractivity contribution in [2.24, 2.45) is 0 Å². The summed E-state index contributed by atoms with van der Waals surface area (Å²) >= 11 is 12.1. The lowest BCUT2D eigenvalue weighted by Gasteiger charge is -2.29. The molecule has 0 amide bonds. The van der Waals surface area contributed by atoms with Crippen LogP contribution in [0.15, 0.2) is 18.2 Å². The van der Waals surface area contributed by atoms with Crippen molar-refractivity contribution in [3.05, 3.63) is 33.8 Å². The van der Waals surface area contributed by atoms with Crippen LogP contribution < -0.4 is 0 Å². The van der Waals surface area contributed by atoms with Gasteiger partial charge in [0.2, 0.25) is 0 Å². The Morgan fingerprint density at radius 1 is 1.00 bits per heavy atom. The summed E-state index contributed by atoms with van der Waals surface area (Å²) in [6.45, 7) is 0. The third-order valence-corrected chi connectivity index (χ3v) is 3.10. The van der Waals surface area contributed by atoms with Crippen LogP contribution in [0.3, 0.4) is 0 Å². The zero-order valence-corrected chi connectivity index (χ0v) is 10.9. The minimum atomic E-state index is -1.16. The molecule has 90 valence electrons. The first kappa shape index (κ1) is 13.7. The second-order valence-corrected chi connectivity index (χ2v) is 3.99. The molecule has 0 N–H and O–H groups in total. The molecule has 0 aromatic heterocycles. The maximum atomic E-state index is 6.06. The van der Waals surface area contributed by atoms with Gasteiger partial charge in [-0.25, -0.2) is 0 Å². The summed E-state index contributed by atoms with van der Waals surface area (Å²) in [4.78, 5) is 0. The topological polar surface area (TPSA) is 27.7 Å². The predicted molar refractivity (Wildman–Crippen MR) is 63.9 cm³/mol. The summed E-state index contributed by atoms with van der Waals surface area (Å²) in [6.07, 6.45) is 0.314. The summed E-state index contributed by atoms with van der Waals surface area (Å²) in [5.74, 6) is -1.16. The van der Waals surface area contributed by atoms with Crippen LogP contribution >= 0.6 is 23.2 Å². The second kappa shape index (κ2) is 5.84. The van der Waals surface area contributed by atoms with Crippen molar-refractivity contribution in [1.82, 2.24) is 0 Å². The second-order valence-electron chi connectivity index (χ2n) is 3.17. The molecule has 3 nitrogen and oxygen atoms in total. The molecule has 0 atom stereocenters. The van der Waals surface area contributed by atoms with Crippen molar-refractivity contribution >= 4 is 23.2 Å².